The van der Waals surface area contributed by atoms with Gasteiger partial charge in [-0.2, -0.15) is 0 Å². The second-order valence-electron chi connectivity index (χ2n) is 4.34. The van der Waals surface area contributed by atoms with E-state index in [1.807, 2.05) is 0 Å². The second kappa shape index (κ2) is 5.35. The van der Waals surface area contributed by atoms with Crippen molar-refractivity contribution < 1.29 is 14.7 Å². The minimum Gasteiger partial charge on any atom is -0.481 e. The highest BCUT2D eigenvalue weighted by Crippen LogP contribution is 2.32. The van der Waals surface area contributed by atoms with E-state index in [0.29, 0.717) is 18.5 Å². The molecule has 18 heavy (non-hydrogen) atoms. The lowest BCUT2D eigenvalue weighted by Gasteiger charge is -2.15. The van der Waals surface area contributed by atoms with E-state index in [1.54, 1.807) is 6.07 Å². The van der Waals surface area contributed by atoms with E-state index in [2.05, 4.69) is 10.3 Å². The predicted octanol–water partition coefficient (Wildman–Crippen LogP) is 2.17. The van der Waals surface area contributed by atoms with Crippen molar-refractivity contribution in [2.75, 3.05) is 5.32 Å². The number of hydrogen-bond acceptors (Lipinski definition) is 3. The molecule has 1 fully saturated rings. The lowest BCUT2D eigenvalue weighted by Crippen LogP contribution is -2.29. The topological polar surface area (TPSA) is 79.3 Å². The number of nitrogens with one attached hydrogen (secondary N) is 1. The van der Waals surface area contributed by atoms with Gasteiger partial charge in [0.25, 0.3) is 0 Å². The Kier molecular flexibility index (Phi) is 3.81. The Bertz CT molecular complexity index is 478. The van der Waals surface area contributed by atoms with Gasteiger partial charge in [0.05, 0.1) is 11.8 Å². The van der Waals surface area contributed by atoms with Crippen LogP contribution in [0.25, 0.3) is 0 Å². The molecule has 0 aliphatic heterocycles. The highest BCUT2D eigenvalue weighted by molar-refractivity contribution is 6.29. The van der Waals surface area contributed by atoms with Gasteiger partial charge in [0.1, 0.15) is 5.15 Å². The Morgan fingerprint density at radius 3 is 2.78 bits per heavy atom. The molecule has 6 heteroatoms. The first kappa shape index (κ1) is 12.8. The molecule has 2 unspecified atom stereocenters. The zero-order chi connectivity index (χ0) is 13.1. The van der Waals surface area contributed by atoms with Gasteiger partial charge in [-0.15, -0.1) is 0 Å². The smallest absolute Gasteiger partial charge is 0.307 e. The van der Waals surface area contributed by atoms with Crippen LogP contribution in [-0.2, 0) is 9.59 Å². The van der Waals surface area contributed by atoms with Crippen LogP contribution in [0.2, 0.25) is 5.15 Å². The molecular formula is C12H13ClN2O3. The molecule has 0 aromatic carbocycles. The van der Waals surface area contributed by atoms with Crippen LogP contribution in [0.5, 0.6) is 0 Å². The van der Waals surface area contributed by atoms with Crippen molar-refractivity contribution in [1.82, 2.24) is 4.98 Å². The summed E-state index contributed by atoms with van der Waals surface area (Å²) in [5, 5.41) is 12.0. The summed E-state index contributed by atoms with van der Waals surface area (Å²) in [7, 11) is 0. The summed E-state index contributed by atoms with van der Waals surface area (Å²) >= 11 is 5.71. The zero-order valence-electron chi connectivity index (χ0n) is 9.60. The van der Waals surface area contributed by atoms with E-state index in [4.69, 9.17) is 16.7 Å². The van der Waals surface area contributed by atoms with Crippen LogP contribution in [0.15, 0.2) is 18.3 Å². The van der Waals surface area contributed by atoms with E-state index in [0.717, 1.165) is 6.42 Å². The number of nitrogens with zero attached hydrogens (tertiary/aromatic N) is 1. The van der Waals surface area contributed by atoms with Gasteiger partial charge in [0.15, 0.2) is 0 Å². The third kappa shape index (κ3) is 2.79. The Morgan fingerprint density at radius 2 is 2.11 bits per heavy atom. The van der Waals surface area contributed by atoms with E-state index in [1.165, 1.54) is 12.3 Å². The molecule has 0 saturated heterocycles. The van der Waals surface area contributed by atoms with Crippen LogP contribution in [0.4, 0.5) is 5.69 Å². The molecule has 1 aromatic rings. The highest BCUT2D eigenvalue weighted by atomic mass is 35.5. The minimum absolute atomic E-state index is 0.262. The Morgan fingerprint density at radius 1 is 1.39 bits per heavy atom. The zero-order valence-corrected chi connectivity index (χ0v) is 10.4. The van der Waals surface area contributed by atoms with Crippen molar-refractivity contribution in [2.45, 2.75) is 19.3 Å². The molecule has 2 rings (SSSR count). The summed E-state index contributed by atoms with van der Waals surface area (Å²) in [6, 6.07) is 3.15. The Labute approximate surface area is 109 Å². The minimum atomic E-state index is -0.902. The maximum Gasteiger partial charge on any atom is 0.307 e. The molecule has 0 bridgehead atoms. The lowest BCUT2D eigenvalue weighted by atomic mass is 9.95. The summed E-state index contributed by atoms with van der Waals surface area (Å²) in [6.07, 6.45) is 3.43. The van der Waals surface area contributed by atoms with Crippen molar-refractivity contribution in [1.29, 1.82) is 0 Å². The van der Waals surface area contributed by atoms with Crippen LogP contribution in [-0.4, -0.2) is 22.0 Å². The van der Waals surface area contributed by atoms with Crippen molar-refractivity contribution in [2.24, 2.45) is 11.8 Å². The largest absolute Gasteiger partial charge is 0.481 e. The number of pyridine rings is 1. The van der Waals surface area contributed by atoms with Crippen molar-refractivity contribution in [3.8, 4) is 0 Å². The molecule has 1 aliphatic rings. The van der Waals surface area contributed by atoms with Gasteiger partial charge >= 0.3 is 5.97 Å². The molecule has 1 aromatic heterocycles. The Hall–Kier alpha value is -1.62. The summed E-state index contributed by atoms with van der Waals surface area (Å²) in [5.41, 5.74) is 0.538. The van der Waals surface area contributed by atoms with Crippen LogP contribution in [0.1, 0.15) is 19.3 Å². The van der Waals surface area contributed by atoms with E-state index >= 15 is 0 Å². The molecule has 2 atom stereocenters. The molecule has 2 N–H and O–H groups in total. The molecule has 1 heterocycles. The third-order valence-corrected chi connectivity index (χ3v) is 3.37. The van der Waals surface area contributed by atoms with Crippen LogP contribution in [0, 0.1) is 11.8 Å². The second-order valence-corrected chi connectivity index (χ2v) is 4.73. The summed E-state index contributed by atoms with van der Waals surface area (Å²) in [4.78, 5) is 26.8. The maximum atomic E-state index is 12.0. The molecule has 0 spiro atoms. The number of carbonyl (C=O) groups is 2. The lowest BCUT2D eigenvalue weighted by molar-refractivity contribution is -0.145. The van der Waals surface area contributed by atoms with Gasteiger partial charge in [-0.1, -0.05) is 18.0 Å². The summed E-state index contributed by atoms with van der Waals surface area (Å²) < 4.78 is 0. The summed E-state index contributed by atoms with van der Waals surface area (Å²) in [5.74, 6) is -2.21. The van der Waals surface area contributed by atoms with Gasteiger partial charge in [0, 0.05) is 11.9 Å². The standard InChI is InChI=1S/C12H13ClN2O3/c13-10-6-7(4-5-14-10)15-11(16)8-2-1-3-9(8)12(17)18/h4-6,8-9H,1-3H2,(H,17,18)(H,14,15,16). The molecule has 5 nitrogen and oxygen atoms in total. The molecule has 1 amide bonds. The number of rotatable bonds is 3. The van der Waals surface area contributed by atoms with Crippen LogP contribution in [0.3, 0.4) is 0 Å². The number of hydrogen-bond donors (Lipinski definition) is 2. The number of aromatic nitrogens is 1. The average Bonchev–Trinajstić information content (AvgIpc) is 2.77. The average molecular weight is 269 g/mol. The molecule has 1 saturated carbocycles. The fourth-order valence-corrected chi connectivity index (χ4v) is 2.46. The van der Waals surface area contributed by atoms with Crippen molar-refractivity contribution in [3.05, 3.63) is 23.5 Å². The number of halogens is 1. The Balaban J connectivity index is 2.06. The number of amides is 1. The first-order valence-electron chi connectivity index (χ1n) is 5.73. The first-order chi connectivity index (χ1) is 8.58. The molecule has 1 aliphatic carbocycles. The third-order valence-electron chi connectivity index (χ3n) is 3.16. The monoisotopic (exact) mass is 268 g/mol. The van der Waals surface area contributed by atoms with E-state index in [-0.39, 0.29) is 11.1 Å². The van der Waals surface area contributed by atoms with Gasteiger partial charge in [-0.3, -0.25) is 9.59 Å². The van der Waals surface area contributed by atoms with Crippen molar-refractivity contribution >= 4 is 29.2 Å². The number of carboxylic acid groups (broad SMARTS) is 1. The van der Waals surface area contributed by atoms with Gasteiger partial charge in [0.2, 0.25) is 5.91 Å². The first-order valence-corrected chi connectivity index (χ1v) is 6.11. The molecule has 96 valence electrons. The van der Waals surface area contributed by atoms with Crippen molar-refractivity contribution in [3.63, 3.8) is 0 Å². The van der Waals surface area contributed by atoms with Gasteiger partial charge in [-0.25, -0.2) is 4.98 Å². The van der Waals surface area contributed by atoms with Gasteiger partial charge in [-0.05, 0) is 25.0 Å². The maximum absolute atomic E-state index is 12.0. The SMILES string of the molecule is O=C(O)C1CCCC1C(=O)Nc1ccnc(Cl)c1. The number of carboxylic acids is 1. The summed E-state index contributed by atoms with van der Waals surface area (Å²) in [6.45, 7) is 0. The highest BCUT2D eigenvalue weighted by Gasteiger charge is 2.37. The van der Waals surface area contributed by atoms with Crippen LogP contribution >= 0.6 is 11.6 Å². The van der Waals surface area contributed by atoms with E-state index in [9.17, 15) is 9.59 Å². The number of anilines is 1. The normalized spacial score (nSPS) is 22.7. The fourth-order valence-electron chi connectivity index (χ4n) is 2.28. The van der Waals surface area contributed by atoms with E-state index < -0.39 is 17.8 Å². The molecular weight excluding hydrogens is 256 g/mol. The van der Waals surface area contributed by atoms with Crippen LogP contribution < -0.4 is 5.32 Å². The number of aliphatic carboxylic acids is 1. The predicted molar refractivity (Wildman–Crippen MR) is 66.3 cm³/mol. The molecule has 0 radical (unpaired) electrons. The quantitative estimate of drug-likeness (QED) is 0.824. The fraction of sp³-hybridized carbons (Fsp3) is 0.417. The van der Waals surface area contributed by atoms with Gasteiger partial charge < -0.3 is 10.4 Å². The number of carbonyl (C=O) groups excluding carboxylic acids is 1.